The molecule has 4 bridgehead atoms. The van der Waals surface area contributed by atoms with Crippen LogP contribution in [0.5, 0.6) is 0 Å². The van der Waals surface area contributed by atoms with Gasteiger partial charge in [0.1, 0.15) is 0 Å². The topological polar surface area (TPSA) is 37.8 Å². The molecule has 4 fully saturated rings. The van der Waals surface area contributed by atoms with Gasteiger partial charge in [0.2, 0.25) is 0 Å². The molecule has 5 rings (SSSR count). The molecule has 0 atom stereocenters. The van der Waals surface area contributed by atoms with Crippen molar-refractivity contribution in [2.45, 2.75) is 45.6 Å². The van der Waals surface area contributed by atoms with E-state index < -0.39 is 0 Å². The molecule has 3 heteroatoms. The first kappa shape index (κ1) is 12.8. The standard InChI is InChI=1S/C17H25N3/c1-11-7-20-16(9-19-11)8-18-10-17-14-3-12-2-13(5-14)6-15(17)4-12/h7,9,12-15,17-18H,2-6,8,10H2,1H3. The maximum Gasteiger partial charge on any atom is 0.0724 e. The number of nitrogens with zero attached hydrogens (tertiary/aromatic N) is 2. The molecule has 4 aliphatic rings. The van der Waals surface area contributed by atoms with Gasteiger partial charge in [-0.15, -0.1) is 0 Å². The number of aromatic nitrogens is 2. The smallest absolute Gasteiger partial charge is 0.0724 e. The van der Waals surface area contributed by atoms with Crippen LogP contribution in [-0.4, -0.2) is 16.5 Å². The van der Waals surface area contributed by atoms with E-state index in [-0.39, 0.29) is 0 Å². The minimum Gasteiger partial charge on any atom is -0.311 e. The molecule has 1 heterocycles. The monoisotopic (exact) mass is 271 g/mol. The van der Waals surface area contributed by atoms with Crippen LogP contribution in [0.3, 0.4) is 0 Å². The molecule has 0 spiro atoms. The molecule has 0 amide bonds. The lowest BCUT2D eigenvalue weighted by Gasteiger charge is -2.54. The maximum absolute atomic E-state index is 4.43. The van der Waals surface area contributed by atoms with Crippen molar-refractivity contribution in [3.8, 4) is 0 Å². The van der Waals surface area contributed by atoms with E-state index in [1.165, 1.54) is 32.2 Å². The zero-order chi connectivity index (χ0) is 13.5. The lowest BCUT2D eigenvalue weighted by atomic mass is 9.52. The molecule has 3 nitrogen and oxygen atoms in total. The normalized spacial score (nSPS) is 38.4. The van der Waals surface area contributed by atoms with Gasteiger partial charge in [0.05, 0.1) is 11.4 Å². The molecule has 4 saturated carbocycles. The summed E-state index contributed by atoms with van der Waals surface area (Å²) in [6.07, 6.45) is 11.4. The Morgan fingerprint density at radius 3 is 2.30 bits per heavy atom. The Morgan fingerprint density at radius 2 is 1.70 bits per heavy atom. The van der Waals surface area contributed by atoms with Crippen molar-refractivity contribution in [2.75, 3.05) is 6.54 Å². The van der Waals surface area contributed by atoms with Crippen molar-refractivity contribution in [3.05, 3.63) is 23.8 Å². The van der Waals surface area contributed by atoms with Gasteiger partial charge in [0, 0.05) is 18.9 Å². The highest BCUT2D eigenvalue weighted by atomic mass is 14.9. The van der Waals surface area contributed by atoms with Crippen LogP contribution in [0.2, 0.25) is 0 Å². The molecule has 1 N–H and O–H groups in total. The molecule has 108 valence electrons. The summed E-state index contributed by atoms with van der Waals surface area (Å²) in [6, 6.07) is 0. The van der Waals surface area contributed by atoms with Gasteiger partial charge in [-0.05, 0) is 75.2 Å². The average Bonchev–Trinajstić information content (AvgIpc) is 2.43. The zero-order valence-electron chi connectivity index (χ0n) is 12.4. The second-order valence-corrected chi connectivity index (χ2v) is 7.37. The van der Waals surface area contributed by atoms with E-state index >= 15 is 0 Å². The summed E-state index contributed by atoms with van der Waals surface area (Å²) in [6.45, 7) is 4.04. The Bertz CT molecular complexity index is 440. The van der Waals surface area contributed by atoms with Crippen LogP contribution >= 0.6 is 0 Å². The van der Waals surface area contributed by atoms with Crippen molar-refractivity contribution >= 4 is 0 Å². The summed E-state index contributed by atoms with van der Waals surface area (Å²) in [5, 5.41) is 3.65. The minimum atomic E-state index is 0.871. The van der Waals surface area contributed by atoms with Crippen molar-refractivity contribution in [1.29, 1.82) is 0 Å². The maximum atomic E-state index is 4.43. The number of hydrogen-bond donors (Lipinski definition) is 1. The van der Waals surface area contributed by atoms with E-state index in [0.717, 1.165) is 47.5 Å². The van der Waals surface area contributed by atoms with Crippen LogP contribution in [0.25, 0.3) is 0 Å². The second-order valence-electron chi connectivity index (χ2n) is 7.37. The Balaban J connectivity index is 1.32. The lowest BCUT2D eigenvalue weighted by Crippen LogP contribution is -2.48. The highest BCUT2D eigenvalue weighted by Gasteiger charge is 2.47. The molecule has 0 aromatic carbocycles. The number of hydrogen-bond acceptors (Lipinski definition) is 3. The van der Waals surface area contributed by atoms with Gasteiger partial charge in [-0.3, -0.25) is 9.97 Å². The Hall–Kier alpha value is -0.960. The Kier molecular flexibility index (Phi) is 3.25. The van der Waals surface area contributed by atoms with Gasteiger partial charge < -0.3 is 5.32 Å². The molecule has 1 aromatic rings. The van der Waals surface area contributed by atoms with Crippen molar-refractivity contribution in [1.82, 2.24) is 15.3 Å². The van der Waals surface area contributed by atoms with E-state index in [4.69, 9.17) is 0 Å². The molecule has 1 aromatic heterocycles. The summed E-state index contributed by atoms with van der Waals surface area (Å²) in [5.41, 5.74) is 2.06. The highest BCUT2D eigenvalue weighted by Crippen LogP contribution is 2.56. The lowest BCUT2D eigenvalue weighted by molar-refractivity contribution is -0.0355. The van der Waals surface area contributed by atoms with E-state index in [1.807, 2.05) is 19.3 Å². The predicted octanol–water partition coefficient (Wildman–Crippen LogP) is 2.95. The second kappa shape index (κ2) is 5.10. The molecule has 20 heavy (non-hydrogen) atoms. The molecule has 0 radical (unpaired) electrons. The number of aryl methyl sites for hydroxylation is 1. The largest absolute Gasteiger partial charge is 0.311 e. The van der Waals surface area contributed by atoms with Crippen molar-refractivity contribution in [2.24, 2.45) is 29.6 Å². The first-order chi connectivity index (χ1) is 9.78. The Morgan fingerprint density at radius 1 is 1.00 bits per heavy atom. The molecular formula is C17H25N3. The average molecular weight is 271 g/mol. The fraction of sp³-hybridized carbons (Fsp3) is 0.765. The van der Waals surface area contributed by atoms with Gasteiger partial charge in [-0.2, -0.15) is 0 Å². The minimum absolute atomic E-state index is 0.871. The van der Waals surface area contributed by atoms with Crippen LogP contribution in [0.4, 0.5) is 0 Å². The SMILES string of the molecule is Cc1cnc(CNCC2C3CC4CC(C3)CC2C4)cn1. The first-order valence-electron chi connectivity index (χ1n) is 8.26. The van der Waals surface area contributed by atoms with Crippen molar-refractivity contribution < 1.29 is 0 Å². The van der Waals surface area contributed by atoms with Crippen LogP contribution in [0.15, 0.2) is 12.4 Å². The highest BCUT2D eigenvalue weighted by molar-refractivity contribution is 5.01. The van der Waals surface area contributed by atoms with Gasteiger partial charge >= 0.3 is 0 Å². The molecular weight excluding hydrogens is 246 g/mol. The molecule has 0 saturated heterocycles. The van der Waals surface area contributed by atoms with E-state index in [9.17, 15) is 0 Å². The third-order valence-electron chi connectivity index (χ3n) is 5.94. The van der Waals surface area contributed by atoms with Crippen molar-refractivity contribution in [3.63, 3.8) is 0 Å². The third kappa shape index (κ3) is 2.37. The quantitative estimate of drug-likeness (QED) is 0.915. The first-order valence-corrected chi connectivity index (χ1v) is 8.26. The summed E-state index contributed by atoms with van der Waals surface area (Å²) < 4.78 is 0. The van der Waals surface area contributed by atoms with E-state index in [1.54, 1.807) is 6.42 Å². The fourth-order valence-electron chi connectivity index (χ4n) is 5.25. The van der Waals surface area contributed by atoms with Crippen LogP contribution in [0.1, 0.15) is 43.5 Å². The molecule has 0 unspecified atom stereocenters. The summed E-state index contributed by atoms with van der Waals surface area (Å²) >= 11 is 0. The summed E-state index contributed by atoms with van der Waals surface area (Å²) in [4.78, 5) is 8.74. The fourth-order valence-corrected chi connectivity index (χ4v) is 5.25. The summed E-state index contributed by atoms with van der Waals surface area (Å²) in [5.74, 6) is 5.13. The number of nitrogens with one attached hydrogen (secondary N) is 1. The third-order valence-corrected chi connectivity index (χ3v) is 5.94. The molecule has 0 aliphatic heterocycles. The van der Waals surface area contributed by atoms with Crippen LogP contribution in [-0.2, 0) is 6.54 Å². The van der Waals surface area contributed by atoms with Gasteiger partial charge in [0.15, 0.2) is 0 Å². The summed E-state index contributed by atoms with van der Waals surface area (Å²) in [7, 11) is 0. The predicted molar refractivity (Wildman–Crippen MR) is 79.0 cm³/mol. The molecule has 4 aliphatic carbocycles. The van der Waals surface area contributed by atoms with Gasteiger partial charge in [-0.25, -0.2) is 0 Å². The van der Waals surface area contributed by atoms with E-state index in [0.29, 0.717) is 0 Å². The Labute approximate surface area is 121 Å². The number of rotatable bonds is 4. The van der Waals surface area contributed by atoms with E-state index in [2.05, 4.69) is 15.3 Å². The van der Waals surface area contributed by atoms with Crippen LogP contribution < -0.4 is 5.32 Å². The zero-order valence-corrected chi connectivity index (χ0v) is 12.4. The van der Waals surface area contributed by atoms with Gasteiger partial charge in [0.25, 0.3) is 0 Å². The van der Waals surface area contributed by atoms with Crippen LogP contribution in [0, 0.1) is 36.5 Å². The van der Waals surface area contributed by atoms with Gasteiger partial charge in [-0.1, -0.05) is 0 Å².